The summed E-state index contributed by atoms with van der Waals surface area (Å²) in [6, 6.07) is 15.4. The Bertz CT molecular complexity index is 990. The van der Waals surface area contributed by atoms with Gasteiger partial charge in [0.15, 0.2) is 0 Å². The molecule has 3 rings (SSSR count). The molecule has 0 radical (unpaired) electrons. The number of ether oxygens (including phenoxy) is 1. The second-order valence-electron chi connectivity index (χ2n) is 9.65. The van der Waals surface area contributed by atoms with Crippen LogP contribution in [0, 0.1) is 11.8 Å². The fourth-order valence-electron chi connectivity index (χ4n) is 4.84. The van der Waals surface area contributed by atoms with Gasteiger partial charge in [0.2, 0.25) is 5.91 Å². The van der Waals surface area contributed by atoms with Gasteiger partial charge in [-0.05, 0) is 46.9 Å². The van der Waals surface area contributed by atoms with Crippen molar-refractivity contribution in [1.29, 1.82) is 0 Å². The molecule has 1 aliphatic carbocycles. The van der Waals surface area contributed by atoms with Gasteiger partial charge in [-0.1, -0.05) is 75.7 Å². The quantitative estimate of drug-likeness (QED) is 0.399. The van der Waals surface area contributed by atoms with Crippen LogP contribution in [-0.2, 0) is 14.3 Å². The zero-order valence-corrected chi connectivity index (χ0v) is 20.8. The van der Waals surface area contributed by atoms with Gasteiger partial charge in [0, 0.05) is 18.9 Å². The highest BCUT2D eigenvalue weighted by Crippen LogP contribution is 2.44. The van der Waals surface area contributed by atoms with Crippen molar-refractivity contribution in [3.63, 3.8) is 0 Å². The number of hydrogen-bond donors (Lipinski definition) is 3. The van der Waals surface area contributed by atoms with Crippen molar-refractivity contribution in [2.24, 2.45) is 11.8 Å². The van der Waals surface area contributed by atoms with Gasteiger partial charge >= 0.3 is 12.1 Å². The highest BCUT2D eigenvalue weighted by atomic mass is 16.5. The first-order valence-electron chi connectivity index (χ1n) is 12.4. The molecule has 7 heteroatoms. The summed E-state index contributed by atoms with van der Waals surface area (Å²) >= 11 is 0. The minimum absolute atomic E-state index is 0.0168. The number of hydrogen-bond acceptors (Lipinski definition) is 4. The van der Waals surface area contributed by atoms with Crippen molar-refractivity contribution >= 4 is 18.0 Å². The second kappa shape index (κ2) is 12.4. The Morgan fingerprint density at radius 1 is 1.00 bits per heavy atom. The molecule has 0 heterocycles. The summed E-state index contributed by atoms with van der Waals surface area (Å²) in [5, 5.41) is 14.7. The predicted octanol–water partition coefficient (Wildman–Crippen LogP) is 4.95. The lowest BCUT2D eigenvalue weighted by atomic mass is 9.93. The monoisotopic (exact) mass is 480 g/mol. The molecule has 0 bridgehead atoms. The third kappa shape index (κ3) is 7.07. The Labute approximate surface area is 207 Å². The van der Waals surface area contributed by atoms with Crippen LogP contribution in [0.3, 0.4) is 0 Å². The molecule has 0 aromatic heterocycles. The van der Waals surface area contributed by atoms with E-state index in [0.717, 1.165) is 17.5 Å². The second-order valence-corrected chi connectivity index (χ2v) is 9.65. The van der Waals surface area contributed by atoms with Crippen molar-refractivity contribution in [2.45, 2.75) is 58.4 Å². The van der Waals surface area contributed by atoms with Gasteiger partial charge in [0.25, 0.3) is 0 Å². The molecule has 2 atom stereocenters. The molecule has 2 aromatic carbocycles. The molecular formula is C28H36N2O5. The van der Waals surface area contributed by atoms with E-state index in [1.165, 1.54) is 11.1 Å². The van der Waals surface area contributed by atoms with Crippen LogP contribution in [0.1, 0.15) is 63.5 Å². The van der Waals surface area contributed by atoms with E-state index in [1.54, 1.807) is 0 Å². The van der Waals surface area contributed by atoms with Crippen LogP contribution in [0.25, 0.3) is 11.1 Å². The highest BCUT2D eigenvalue weighted by Gasteiger charge is 2.29. The zero-order chi connectivity index (χ0) is 25.4. The summed E-state index contributed by atoms with van der Waals surface area (Å²) in [7, 11) is 0. The maximum absolute atomic E-state index is 12.5. The van der Waals surface area contributed by atoms with Gasteiger partial charge in [-0.25, -0.2) is 9.59 Å². The molecule has 0 saturated heterocycles. The molecule has 0 aliphatic heterocycles. The van der Waals surface area contributed by atoms with Crippen LogP contribution in [0.5, 0.6) is 0 Å². The van der Waals surface area contributed by atoms with Crippen LogP contribution in [0.15, 0.2) is 48.5 Å². The fourth-order valence-corrected chi connectivity index (χ4v) is 4.84. The van der Waals surface area contributed by atoms with Crippen LogP contribution in [-0.4, -0.2) is 42.3 Å². The number of fused-ring (bicyclic) bond motifs is 3. The average Bonchev–Trinajstić information content (AvgIpc) is 3.14. The maximum atomic E-state index is 12.5. The zero-order valence-electron chi connectivity index (χ0n) is 20.8. The van der Waals surface area contributed by atoms with Crippen LogP contribution >= 0.6 is 0 Å². The van der Waals surface area contributed by atoms with Crippen molar-refractivity contribution in [1.82, 2.24) is 10.6 Å². The van der Waals surface area contributed by atoms with E-state index in [9.17, 15) is 19.5 Å². The molecule has 7 nitrogen and oxygen atoms in total. The number of nitrogens with one attached hydrogen (secondary N) is 2. The Kier molecular flexibility index (Phi) is 9.29. The molecule has 2 amide bonds. The van der Waals surface area contributed by atoms with E-state index in [-0.39, 0.29) is 37.3 Å². The molecular weight excluding hydrogens is 444 g/mol. The minimum atomic E-state index is -1.03. The number of amides is 2. The van der Waals surface area contributed by atoms with E-state index in [0.29, 0.717) is 18.8 Å². The molecule has 0 fully saturated rings. The Morgan fingerprint density at radius 3 is 2.14 bits per heavy atom. The Morgan fingerprint density at radius 2 is 1.60 bits per heavy atom. The third-order valence-electron chi connectivity index (χ3n) is 6.37. The number of alkyl carbamates (subject to hydrolysis) is 1. The Balaban J connectivity index is 1.55. The number of benzene rings is 2. The van der Waals surface area contributed by atoms with Crippen molar-refractivity contribution in [2.75, 3.05) is 13.2 Å². The summed E-state index contributed by atoms with van der Waals surface area (Å²) in [6.45, 7) is 6.49. The lowest BCUT2D eigenvalue weighted by Gasteiger charge is -2.21. The Hall–Kier alpha value is -3.35. The van der Waals surface area contributed by atoms with E-state index in [4.69, 9.17) is 4.74 Å². The molecule has 3 N–H and O–H groups in total. The van der Waals surface area contributed by atoms with Gasteiger partial charge in [-0.15, -0.1) is 0 Å². The molecule has 188 valence electrons. The third-order valence-corrected chi connectivity index (χ3v) is 6.37. The lowest BCUT2D eigenvalue weighted by Crippen LogP contribution is -2.42. The SMILES string of the molecule is CCC[C@H](NC(=O)C[C@@H](CNC(=O)OCC1c2ccccc2-c2ccccc21)CC(C)C)C(=O)O. The maximum Gasteiger partial charge on any atom is 0.407 e. The molecule has 0 saturated carbocycles. The summed E-state index contributed by atoms with van der Waals surface area (Å²) in [6.07, 6.45) is 1.40. The van der Waals surface area contributed by atoms with E-state index in [2.05, 4.69) is 48.7 Å². The number of rotatable bonds is 12. The normalized spacial score (nSPS) is 14.1. The van der Waals surface area contributed by atoms with Crippen LogP contribution in [0.2, 0.25) is 0 Å². The van der Waals surface area contributed by atoms with E-state index < -0.39 is 18.1 Å². The summed E-state index contributed by atoms with van der Waals surface area (Å²) in [5.74, 6) is -1.16. The van der Waals surface area contributed by atoms with Crippen LogP contribution < -0.4 is 10.6 Å². The average molecular weight is 481 g/mol. The van der Waals surface area contributed by atoms with Gasteiger partial charge in [-0.2, -0.15) is 0 Å². The lowest BCUT2D eigenvalue weighted by molar-refractivity contribution is -0.142. The van der Waals surface area contributed by atoms with Gasteiger partial charge in [-0.3, -0.25) is 4.79 Å². The highest BCUT2D eigenvalue weighted by molar-refractivity contribution is 5.83. The van der Waals surface area contributed by atoms with Crippen molar-refractivity contribution in [3.8, 4) is 11.1 Å². The summed E-state index contributed by atoms with van der Waals surface area (Å²) in [4.78, 5) is 36.4. The first kappa shape index (κ1) is 26.3. The van der Waals surface area contributed by atoms with Gasteiger partial charge < -0.3 is 20.5 Å². The van der Waals surface area contributed by atoms with Crippen molar-refractivity contribution in [3.05, 3.63) is 59.7 Å². The summed E-state index contributed by atoms with van der Waals surface area (Å²) < 4.78 is 5.60. The number of carbonyl (C=O) groups is 3. The molecule has 0 spiro atoms. The first-order chi connectivity index (χ1) is 16.8. The number of carboxylic acids is 1. The standard InChI is InChI=1S/C28H36N2O5/c1-4-9-25(27(32)33)30-26(31)15-19(14-18(2)3)16-29-28(34)35-17-24-22-12-7-5-10-20(22)21-11-6-8-13-23(21)24/h5-8,10-13,18-19,24-25H,4,9,14-17H2,1-3H3,(H,29,34)(H,30,31)(H,32,33)/t19-,25-/m0/s1. The smallest absolute Gasteiger partial charge is 0.407 e. The summed E-state index contributed by atoms with van der Waals surface area (Å²) in [5.41, 5.74) is 4.64. The van der Waals surface area contributed by atoms with Crippen molar-refractivity contribution < 1.29 is 24.2 Å². The van der Waals surface area contributed by atoms with Gasteiger partial charge in [0.05, 0.1) is 0 Å². The van der Waals surface area contributed by atoms with E-state index >= 15 is 0 Å². The van der Waals surface area contributed by atoms with Gasteiger partial charge in [0.1, 0.15) is 12.6 Å². The predicted molar refractivity (Wildman–Crippen MR) is 135 cm³/mol. The number of carboxylic acid groups (broad SMARTS) is 1. The number of aliphatic carboxylic acids is 1. The minimum Gasteiger partial charge on any atom is -0.480 e. The molecule has 35 heavy (non-hydrogen) atoms. The topological polar surface area (TPSA) is 105 Å². The molecule has 0 unspecified atom stereocenters. The first-order valence-corrected chi connectivity index (χ1v) is 12.4. The number of carbonyl (C=O) groups excluding carboxylic acids is 2. The largest absolute Gasteiger partial charge is 0.480 e. The van der Waals surface area contributed by atoms with Crippen LogP contribution in [0.4, 0.5) is 4.79 Å². The molecule has 2 aromatic rings. The van der Waals surface area contributed by atoms with E-state index in [1.807, 2.05) is 31.2 Å². The molecule has 1 aliphatic rings. The fraction of sp³-hybridized carbons (Fsp3) is 0.464.